The lowest BCUT2D eigenvalue weighted by atomic mass is 9.93. The quantitative estimate of drug-likeness (QED) is 0.418. The smallest absolute Gasteiger partial charge is 0.419 e. The first-order valence-electron chi connectivity index (χ1n) is 7.80. The number of aliphatic hydroxyl groups excluding tert-OH is 2. The van der Waals surface area contributed by atoms with Crippen molar-refractivity contribution in [2.24, 2.45) is 5.73 Å². The SMILES string of the molecule is Cl.NC(CO)(CO)CCc1ccc(OCCCC(F)(F)F)c(C(F)(F)F)c1. The third-order valence-electron chi connectivity index (χ3n) is 3.75. The fourth-order valence-corrected chi connectivity index (χ4v) is 2.14. The minimum Gasteiger partial charge on any atom is -0.493 e. The first-order valence-corrected chi connectivity index (χ1v) is 7.80. The van der Waals surface area contributed by atoms with Crippen molar-refractivity contribution in [3.05, 3.63) is 29.3 Å². The maximum Gasteiger partial charge on any atom is 0.419 e. The molecule has 0 aliphatic heterocycles. The Balaban J connectivity index is 0.00000676. The zero-order valence-electron chi connectivity index (χ0n) is 14.2. The molecule has 0 amide bonds. The zero-order chi connectivity index (χ0) is 20.0. The summed E-state index contributed by atoms with van der Waals surface area (Å²) in [6.07, 6.45) is -10.6. The molecule has 1 aromatic rings. The Hall–Kier alpha value is -1.23. The molecule has 0 spiro atoms. The van der Waals surface area contributed by atoms with Gasteiger partial charge in [0.25, 0.3) is 0 Å². The van der Waals surface area contributed by atoms with E-state index in [4.69, 9.17) is 20.7 Å². The van der Waals surface area contributed by atoms with Crippen LogP contribution in [0.2, 0.25) is 0 Å². The summed E-state index contributed by atoms with van der Waals surface area (Å²) in [6, 6.07) is 3.21. The van der Waals surface area contributed by atoms with E-state index in [1.54, 1.807) is 0 Å². The van der Waals surface area contributed by atoms with Gasteiger partial charge in [-0.3, -0.25) is 0 Å². The fourth-order valence-electron chi connectivity index (χ4n) is 2.14. The number of rotatable bonds is 9. The Morgan fingerprint density at radius 1 is 0.963 bits per heavy atom. The summed E-state index contributed by atoms with van der Waals surface area (Å²) >= 11 is 0. The molecule has 0 unspecified atom stereocenters. The lowest BCUT2D eigenvalue weighted by molar-refractivity contribution is -0.141. The predicted octanol–water partition coefficient (Wildman–Crippen LogP) is 3.46. The topological polar surface area (TPSA) is 75.7 Å². The molecule has 0 bridgehead atoms. The molecule has 0 atom stereocenters. The third kappa shape index (κ3) is 9.00. The number of aryl methyl sites for hydroxylation is 1. The lowest BCUT2D eigenvalue weighted by Gasteiger charge is -2.24. The summed E-state index contributed by atoms with van der Waals surface area (Å²) < 4.78 is 80.6. The van der Waals surface area contributed by atoms with Crippen LogP contribution in [0.4, 0.5) is 26.3 Å². The van der Waals surface area contributed by atoms with Gasteiger partial charge in [-0.2, -0.15) is 26.3 Å². The molecule has 0 aromatic heterocycles. The Morgan fingerprint density at radius 2 is 1.56 bits per heavy atom. The van der Waals surface area contributed by atoms with Crippen LogP contribution in [0, 0.1) is 0 Å². The molecule has 0 fully saturated rings. The van der Waals surface area contributed by atoms with E-state index in [0.29, 0.717) is 0 Å². The highest BCUT2D eigenvalue weighted by Gasteiger charge is 2.35. The van der Waals surface area contributed by atoms with E-state index < -0.39 is 61.9 Å². The Bertz CT molecular complexity index is 576. The molecule has 27 heavy (non-hydrogen) atoms. The molecule has 0 aliphatic rings. The number of nitrogens with two attached hydrogens (primary N) is 1. The summed E-state index contributed by atoms with van der Waals surface area (Å²) in [6.45, 7) is -1.56. The van der Waals surface area contributed by atoms with Gasteiger partial charge in [-0.05, 0) is 37.0 Å². The molecule has 1 aromatic carbocycles. The van der Waals surface area contributed by atoms with E-state index in [0.717, 1.165) is 12.1 Å². The van der Waals surface area contributed by atoms with Crippen LogP contribution in [-0.4, -0.2) is 41.7 Å². The van der Waals surface area contributed by atoms with Gasteiger partial charge in [0.1, 0.15) is 5.75 Å². The van der Waals surface area contributed by atoms with Gasteiger partial charge in [-0.1, -0.05) is 6.07 Å². The van der Waals surface area contributed by atoms with Gasteiger partial charge >= 0.3 is 12.4 Å². The number of hydrogen-bond donors (Lipinski definition) is 3. The first-order chi connectivity index (χ1) is 11.9. The summed E-state index contributed by atoms with van der Waals surface area (Å²) in [5, 5.41) is 18.2. The number of ether oxygens (including phenoxy) is 1. The minimum atomic E-state index is -4.75. The fraction of sp³-hybridized carbons (Fsp3) is 0.625. The second-order valence-corrected chi connectivity index (χ2v) is 6.07. The van der Waals surface area contributed by atoms with Crippen LogP contribution in [0.15, 0.2) is 18.2 Å². The average Bonchev–Trinajstić information content (AvgIpc) is 2.55. The zero-order valence-corrected chi connectivity index (χ0v) is 15.1. The Kier molecular flexibility index (Phi) is 9.88. The molecule has 4 N–H and O–H groups in total. The molecule has 1 rings (SSSR count). The highest BCUT2D eigenvalue weighted by atomic mass is 35.5. The minimum absolute atomic E-state index is 0. The number of hydrogen-bond acceptors (Lipinski definition) is 4. The maximum absolute atomic E-state index is 13.2. The highest BCUT2D eigenvalue weighted by Crippen LogP contribution is 2.37. The second kappa shape index (κ2) is 10.4. The third-order valence-corrected chi connectivity index (χ3v) is 3.75. The molecule has 158 valence electrons. The van der Waals surface area contributed by atoms with Gasteiger partial charge in [0.15, 0.2) is 0 Å². The first kappa shape index (κ1) is 25.8. The molecule has 4 nitrogen and oxygen atoms in total. The van der Waals surface area contributed by atoms with E-state index in [1.165, 1.54) is 6.07 Å². The average molecular weight is 426 g/mol. The van der Waals surface area contributed by atoms with Crippen molar-refractivity contribution >= 4 is 12.4 Å². The van der Waals surface area contributed by atoms with Crippen molar-refractivity contribution in [2.75, 3.05) is 19.8 Å². The van der Waals surface area contributed by atoms with Gasteiger partial charge in [0, 0.05) is 6.42 Å². The van der Waals surface area contributed by atoms with Crippen LogP contribution >= 0.6 is 12.4 Å². The largest absolute Gasteiger partial charge is 0.493 e. The second-order valence-electron chi connectivity index (χ2n) is 6.07. The van der Waals surface area contributed by atoms with Crippen LogP contribution in [0.1, 0.15) is 30.4 Å². The standard InChI is InChI=1S/C16H21F6NO3.ClH/c17-15(18,19)5-1-7-26-13-3-2-11(8-12(13)16(20,21)22)4-6-14(23,9-24)10-25;/h2-3,8,24-25H,1,4-7,9-10,23H2;1H. The molecular formula is C16H22ClF6NO3. The van der Waals surface area contributed by atoms with Crippen LogP contribution in [0.25, 0.3) is 0 Å². The van der Waals surface area contributed by atoms with Gasteiger partial charge in [-0.25, -0.2) is 0 Å². The van der Waals surface area contributed by atoms with Crippen LogP contribution in [0.5, 0.6) is 5.75 Å². The molecule has 0 radical (unpaired) electrons. The van der Waals surface area contributed by atoms with Gasteiger partial charge in [-0.15, -0.1) is 12.4 Å². The van der Waals surface area contributed by atoms with Gasteiger partial charge < -0.3 is 20.7 Å². The Morgan fingerprint density at radius 3 is 2.04 bits per heavy atom. The van der Waals surface area contributed by atoms with E-state index in [9.17, 15) is 26.3 Å². The van der Waals surface area contributed by atoms with E-state index >= 15 is 0 Å². The number of benzene rings is 1. The normalized spacial score (nSPS) is 12.6. The molecule has 0 heterocycles. The number of alkyl halides is 6. The summed E-state index contributed by atoms with van der Waals surface area (Å²) in [5.74, 6) is -0.549. The predicted molar refractivity (Wildman–Crippen MR) is 88.9 cm³/mol. The number of aliphatic hydroxyl groups is 2. The van der Waals surface area contributed by atoms with Crippen molar-refractivity contribution in [1.82, 2.24) is 0 Å². The van der Waals surface area contributed by atoms with E-state index in [-0.39, 0.29) is 30.8 Å². The van der Waals surface area contributed by atoms with Crippen molar-refractivity contribution in [1.29, 1.82) is 0 Å². The number of halogens is 7. The summed E-state index contributed by atoms with van der Waals surface area (Å²) in [5.41, 5.74) is 3.51. The van der Waals surface area contributed by atoms with Crippen LogP contribution in [-0.2, 0) is 12.6 Å². The molecular weight excluding hydrogens is 404 g/mol. The van der Waals surface area contributed by atoms with Crippen molar-refractivity contribution in [3.63, 3.8) is 0 Å². The molecule has 0 aliphatic carbocycles. The van der Waals surface area contributed by atoms with E-state index in [2.05, 4.69) is 0 Å². The Labute approximate surface area is 158 Å². The maximum atomic E-state index is 13.2. The summed E-state index contributed by atoms with van der Waals surface area (Å²) in [4.78, 5) is 0. The van der Waals surface area contributed by atoms with Crippen molar-refractivity contribution in [2.45, 2.75) is 43.6 Å². The lowest BCUT2D eigenvalue weighted by Crippen LogP contribution is -2.47. The van der Waals surface area contributed by atoms with Gasteiger partial charge in [0.05, 0.1) is 30.9 Å². The van der Waals surface area contributed by atoms with Crippen molar-refractivity contribution < 1.29 is 41.3 Å². The summed E-state index contributed by atoms with van der Waals surface area (Å²) in [7, 11) is 0. The molecule has 11 heteroatoms. The molecule has 0 saturated carbocycles. The van der Waals surface area contributed by atoms with Gasteiger partial charge in [0.2, 0.25) is 0 Å². The highest BCUT2D eigenvalue weighted by molar-refractivity contribution is 5.85. The monoisotopic (exact) mass is 425 g/mol. The van der Waals surface area contributed by atoms with Crippen LogP contribution in [0.3, 0.4) is 0 Å². The molecule has 0 saturated heterocycles. The van der Waals surface area contributed by atoms with Crippen LogP contribution < -0.4 is 10.5 Å². The van der Waals surface area contributed by atoms with Crippen molar-refractivity contribution in [3.8, 4) is 5.75 Å². The van der Waals surface area contributed by atoms with E-state index in [1.807, 2.05) is 0 Å².